The molecule has 100 valence electrons. The summed E-state index contributed by atoms with van der Waals surface area (Å²) in [6.45, 7) is 2.61. The molecule has 0 spiro atoms. The van der Waals surface area contributed by atoms with Crippen molar-refractivity contribution >= 4 is 27.6 Å². The number of aliphatic imine (C=N–C) groups is 1. The van der Waals surface area contributed by atoms with Crippen molar-refractivity contribution < 1.29 is 8.78 Å². The van der Waals surface area contributed by atoms with Crippen LogP contribution in [0.5, 0.6) is 0 Å². The number of rotatable bonds is 4. The SMILES string of the molecule is CCCCN=C(NN)Nc1c(F)cc(F)cc1Br. The first-order chi connectivity index (χ1) is 8.58. The van der Waals surface area contributed by atoms with Crippen molar-refractivity contribution in [2.75, 3.05) is 11.9 Å². The van der Waals surface area contributed by atoms with Crippen molar-refractivity contribution in [3.63, 3.8) is 0 Å². The number of nitrogens with zero attached hydrogens (tertiary/aromatic N) is 1. The lowest BCUT2D eigenvalue weighted by atomic mass is 10.3. The number of nitrogens with one attached hydrogen (secondary N) is 2. The summed E-state index contributed by atoms with van der Waals surface area (Å²) in [7, 11) is 0. The second kappa shape index (κ2) is 7.27. The lowest BCUT2D eigenvalue weighted by Crippen LogP contribution is -2.36. The fourth-order valence-corrected chi connectivity index (χ4v) is 1.76. The maximum absolute atomic E-state index is 13.5. The van der Waals surface area contributed by atoms with Crippen LogP contribution in [-0.4, -0.2) is 12.5 Å². The molecule has 0 aromatic heterocycles. The summed E-state index contributed by atoms with van der Waals surface area (Å²) < 4.78 is 26.7. The minimum absolute atomic E-state index is 0.0876. The Hall–Kier alpha value is -1.21. The van der Waals surface area contributed by atoms with Gasteiger partial charge in [0.2, 0.25) is 5.96 Å². The molecule has 0 unspecified atom stereocenters. The Labute approximate surface area is 113 Å². The first kappa shape index (κ1) is 14.8. The van der Waals surface area contributed by atoms with Crippen LogP contribution < -0.4 is 16.6 Å². The van der Waals surface area contributed by atoms with Gasteiger partial charge in [-0.2, -0.15) is 0 Å². The summed E-state index contributed by atoms with van der Waals surface area (Å²) in [4.78, 5) is 4.12. The highest BCUT2D eigenvalue weighted by Crippen LogP contribution is 2.26. The molecule has 0 atom stereocenters. The van der Waals surface area contributed by atoms with Crippen LogP contribution in [0, 0.1) is 11.6 Å². The van der Waals surface area contributed by atoms with E-state index in [1.54, 1.807) is 0 Å². The van der Waals surface area contributed by atoms with Gasteiger partial charge in [0.1, 0.15) is 5.82 Å². The van der Waals surface area contributed by atoms with Gasteiger partial charge in [-0.1, -0.05) is 13.3 Å². The predicted octanol–water partition coefficient (Wildman–Crippen LogP) is 2.76. The maximum Gasteiger partial charge on any atom is 0.210 e. The summed E-state index contributed by atoms with van der Waals surface area (Å²) in [6, 6.07) is 1.94. The summed E-state index contributed by atoms with van der Waals surface area (Å²) in [5.74, 6) is 4.13. The van der Waals surface area contributed by atoms with E-state index in [1.807, 2.05) is 6.92 Å². The molecule has 1 aromatic carbocycles. The average molecular weight is 321 g/mol. The molecule has 4 N–H and O–H groups in total. The lowest BCUT2D eigenvalue weighted by molar-refractivity contribution is 0.584. The standard InChI is InChI=1S/C11H15BrF2N4/c1-2-3-4-16-11(18-15)17-10-8(12)5-7(13)6-9(10)14/h5-6H,2-4,15H2,1H3,(H2,16,17,18). The lowest BCUT2D eigenvalue weighted by Gasteiger charge is -2.11. The van der Waals surface area contributed by atoms with Crippen LogP contribution in [-0.2, 0) is 0 Å². The third-order valence-corrected chi connectivity index (χ3v) is 2.79. The first-order valence-electron chi connectivity index (χ1n) is 5.51. The highest BCUT2D eigenvalue weighted by molar-refractivity contribution is 9.10. The second-order valence-electron chi connectivity index (χ2n) is 3.60. The van der Waals surface area contributed by atoms with Gasteiger partial charge < -0.3 is 5.32 Å². The molecule has 1 aromatic rings. The number of anilines is 1. The molecule has 18 heavy (non-hydrogen) atoms. The second-order valence-corrected chi connectivity index (χ2v) is 4.45. The molecular formula is C11H15BrF2N4. The van der Waals surface area contributed by atoms with E-state index in [4.69, 9.17) is 5.84 Å². The minimum Gasteiger partial charge on any atom is -0.322 e. The number of benzene rings is 1. The van der Waals surface area contributed by atoms with E-state index >= 15 is 0 Å². The van der Waals surface area contributed by atoms with Gasteiger partial charge in [0, 0.05) is 17.1 Å². The molecule has 0 saturated heterocycles. The Balaban J connectivity index is 2.85. The van der Waals surface area contributed by atoms with Crippen LogP contribution in [0.1, 0.15) is 19.8 Å². The quantitative estimate of drug-likeness (QED) is 0.263. The highest BCUT2D eigenvalue weighted by Gasteiger charge is 2.11. The van der Waals surface area contributed by atoms with E-state index in [1.165, 1.54) is 0 Å². The Kier molecular flexibility index (Phi) is 6.00. The van der Waals surface area contributed by atoms with E-state index in [0.717, 1.165) is 25.0 Å². The Morgan fingerprint density at radius 1 is 1.44 bits per heavy atom. The zero-order chi connectivity index (χ0) is 13.5. The third-order valence-electron chi connectivity index (χ3n) is 2.17. The molecule has 0 aliphatic carbocycles. The van der Waals surface area contributed by atoms with Crippen molar-refractivity contribution in [1.29, 1.82) is 0 Å². The van der Waals surface area contributed by atoms with Gasteiger partial charge in [-0.3, -0.25) is 10.4 Å². The van der Waals surface area contributed by atoms with Crippen LogP contribution in [0.15, 0.2) is 21.6 Å². The molecular weight excluding hydrogens is 306 g/mol. The molecule has 0 radical (unpaired) electrons. The van der Waals surface area contributed by atoms with Crippen LogP contribution in [0.25, 0.3) is 0 Å². The number of hydrogen-bond donors (Lipinski definition) is 3. The number of nitrogens with two attached hydrogens (primary N) is 1. The van der Waals surface area contributed by atoms with Gasteiger partial charge in [0.05, 0.1) is 5.69 Å². The fraction of sp³-hybridized carbons (Fsp3) is 0.364. The molecule has 0 bridgehead atoms. The molecule has 0 aliphatic heterocycles. The zero-order valence-corrected chi connectivity index (χ0v) is 11.5. The number of halogens is 3. The van der Waals surface area contributed by atoms with Crippen molar-refractivity contribution in [3.05, 3.63) is 28.2 Å². The van der Waals surface area contributed by atoms with Crippen molar-refractivity contribution in [2.24, 2.45) is 10.8 Å². The van der Waals surface area contributed by atoms with Gasteiger partial charge in [-0.05, 0) is 28.4 Å². The molecule has 0 fully saturated rings. The van der Waals surface area contributed by atoms with Crippen LogP contribution in [0.4, 0.5) is 14.5 Å². The smallest absolute Gasteiger partial charge is 0.210 e. The summed E-state index contributed by atoms with van der Waals surface area (Å²) in [6.07, 6.45) is 1.90. The van der Waals surface area contributed by atoms with Gasteiger partial charge in [-0.15, -0.1) is 0 Å². The topological polar surface area (TPSA) is 62.4 Å². The Morgan fingerprint density at radius 3 is 2.72 bits per heavy atom. The van der Waals surface area contributed by atoms with E-state index in [2.05, 4.69) is 31.7 Å². The molecule has 0 saturated carbocycles. The summed E-state index contributed by atoms with van der Waals surface area (Å²) in [5, 5.41) is 2.68. The number of unbranched alkanes of at least 4 members (excludes halogenated alkanes) is 1. The van der Waals surface area contributed by atoms with Gasteiger partial charge in [0.25, 0.3) is 0 Å². The van der Waals surface area contributed by atoms with Crippen molar-refractivity contribution in [3.8, 4) is 0 Å². The molecule has 4 nitrogen and oxygen atoms in total. The molecule has 7 heteroatoms. The van der Waals surface area contributed by atoms with Crippen LogP contribution >= 0.6 is 15.9 Å². The molecule has 0 heterocycles. The van der Waals surface area contributed by atoms with Crippen molar-refractivity contribution in [2.45, 2.75) is 19.8 Å². The maximum atomic E-state index is 13.5. The van der Waals surface area contributed by atoms with E-state index in [9.17, 15) is 8.78 Å². The van der Waals surface area contributed by atoms with Gasteiger partial charge in [-0.25, -0.2) is 14.6 Å². The largest absolute Gasteiger partial charge is 0.322 e. The van der Waals surface area contributed by atoms with E-state index < -0.39 is 11.6 Å². The fourth-order valence-electron chi connectivity index (χ4n) is 1.25. The Bertz CT molecular complexity index is 414. The van der Waals surface area contributed by atoms with Crippen LogP contribution in [0.2, 0.25) is 0 Å². The predicted molar refractivity (Wildman–Crippen MR) is 72.2 cm³/mol. The first-order valence-corrected chi connectivity index (χ1v) is 6.30. The summed E-state index contributed by atoms with van der Waals surface area (Å²) >= 11 is 3.07. The Morgan fingerprint density at radius 2 is 2.17 bits per heavy atom. The van der Waals surface area contributed by atoms with Crippen molar-refractivity contribution in [1.82, 2.24) is 5.43 Å². The van der Waals surface area contributed by atoms with Crippen LogP contribution in [0.3, 0.4) is 0 Å². The number of hydrazine groups is 1. The van der Waals surface area contributed by atoms with E-state index in [-0.39, 0.29) is 16.1 Å². The van der Waals surface area contributed by atoms with E-state index in [0.29, 0.717) is 6.54 Å². The average Bonchev–Trinajstić information content (AvgIpc) is 2.31. The number of hydrogen-bond acceptors (Lipinski definition) is 2. The van der Waals surface area contributed by atoms with Gasteiger partial charge in [0.15, 0.2) is 5.82 Å². The number of guanidine groups is 1. The molecule has 0 amide bonds. The molecule has 1 rings (SSSR count). The molecule has 0 aliphatic rings. The minimum atomic E-state index is -0.722. The highest BCUT2D eigenvalue weighted by atomic mass is 79.9. The zero-order valence-electron chi connectivity index (χ0n) is 9.93. The normalized spacial score (nSPS) is 11.5. The van der Waals surface area contributed by atoms with Gasteiger partial charge >= 0.3 is 0 Å². The monoisotopic (exact) mass is 320 g/mol. The third kappa shape index (κ3) is 4.23. The summed E-state index contributed by atoms with van der Waals surface area (Å²) in [5.41, 5.74) is 2.42.